The highest BCUT2D eigenvalue weighted by atomic mass is 35.5. The van der Waals surface area contributed by atoms with Crippen molar-refractivity contribution in [3.63, 3.8) is 0 Å². The van der Waals surface area contributed by atoms with Crippen LogP contribution in [0.2, 0.25) is 10.0 Å². The molecule has 1 aliphatic rings. The minimum atomic E-state index is -2.49. The molecule has 1 nitrogen and oxygen atoms in total. The van der Waals surface area contributed by atoms with E-state index in [2.05, 4.69) is 5.32 Å². The standard InChI is InChI=1S/C14H17Cl2F2N/c1-19-13(9-4-6-14(17,18)7-5-9)10-2-3-11(15)12(16)8-10/h2-3,8-9,13,19H,4-7H2,1H3. The normalized spacial score (nSPS) is 21.3. The van der Waals surface area contributed by atoms with Gasteiger partial charge in [-0.1, -0.05) is 29.3 Å². The molecule has 106 valence electrons. The van der Waals surface area contributed by atoms with Crippen molar-refractivity contribution in [2.45, 2.75) is 37.6 Å². The number of hydrogen-bond donors (Lipinski definition) is 1. The average molecular weight is 308 g/mol. The molecule has 0 aliphatic heterocycles. The molecule has 1 unspecified atom stereocenters. The van der Waals surface area contributed by atoms with Crippen molar-refractivity contribution in [1.29, 1.82) is 0 Å². The van der Waals surface area contributed by atoms with Crippen LogP contribution in [-0.4, -0.2) is 13.0 Å². The van der Waals surface area contributed by atoms with E-state index in [1.807, 2.05) is 19.2 Å². The van der Waals surface area contributed by atoms with Crippen LogP contribution in [0.4, 0.5) is 8.78 Å². The summed E-state index contributed by atoms with van der Waals surface area (Å²) < 4.78 is 26.4. The van der Waals surface area contributed by atoms with Crippen molar-refractivity contribution >= 4 is 23.2 Å². The van der Waals surface area contributed by atoms with Gasteiger partial charge in [0.25, 0.3) is 0 Å². The van der Waals surface area contributed by atoms with Crippen LogP contribution in [0.5, 0.6) is 0 Å². The number of alkyl halides is 2. The minimum absolute atomic E-state index is 0.0306. The predicted molar refractivity (Wildman–Crippen MR) is 75.2 cm³/mol. The van der Waals surface area contributed by atoms with Crippen molar-refractivity contribution in [3.05, 3.63) is 33.8 Å². The first-order valence-electron chi connectivity index (χ1n) is 6.43. The molecule has 1 aromatic rings. The van der Waals surface area contributed by atoms with Crippen LogP contribution in [0.15, 0.2) is 18.2 Å². The molecule has 1 fully saturated rings. The van der Waals surface area contributed by atoms with Crippen LogP contribution in [0.3, 0.4) is 0 Å². The van der Waals surface area contributed by atoms with Crippen molar-refractivity contribution < 1.29 is 8.78 Å². The average Bonchev–Trinajstić information content (AvgIpc) is 2.36. The lowest BCUT2D eigenvalue weighted by Gasteiger charge is -2.34. The van der Waals surface area contributed by atoms with Gasteiger partial charge >= 0.3 is 0 Å². The SMILES string of the molecule is CNC(c1ccc(Cl)c(Cl)c1)C1CCC(F)(F)CC1. The van der Waals surface area contributed by atoms with Gasteiger partial charge in [0, 0.05) is 18.9 Å². The molecule has 0 spiro atoms. The zero-order valence-electron chi connectivity index (χ0n) is 10.7. The fourth-order valence-corrected chi connectivity index (χ4v) is 3.08. The highest BCUT2D eigenvalue weighted by Gasteiger charge is 2.37. The van der Waals surface area contributed by atoms with E-state index < -0.39 is 5.92 Å². The summed E-state index contributed by atoms with van der Waals surface area (Å²) in [6.07, 6.45) is 0.992. The summed E-state index contributed by atoms with van der Waals surface area (Å²) in [7, 11) is 1.85. The van der Waals surface area contributed by atoms with Gasteiger partial charge in [-0.2, -0.15) is 0 Å². The number of rotatable bonds is 3. The quantitative estimate of drug-likeness (QED) is 0.821. The second-order valence-corrected chi connectivity index (χ2v) is 5.95. The smallest absolute Gasteiger partial charge is 0.248 e. The van der Waals surface area contributed by atoms with Crippen LogP contribution in [0, 0.1) is 5.92 Å². The topological polar surface area (TPSA) is 12.0 Å². The van der Waals surface area contributed by atoms with E-state index in [-0.39, 0.29) is 24.8 Å². The van der Waals surface area contributed by atoms with E-state index in [4.69, 9.17) is 23.2 Å². The van der Waals surface area contributed by atoms with Gasteiger partial charge in [-0.15, -0.1) is 0 Å². The summed E-state index contributed by atoms with van der Waals surface area (Å²) in [6, 6.07) is 5.52. The maximum Gasteiger partial charge on any atom is 0.248 e. The van der Waals surface area contributed by atoms with Gasteiger partial charge in [0.05, 0.1) is 10.0 Å². The Morgan fingerprint density at radius 2 is 1.84 bits per heavy atom. The van der Waals surface area contributed by atoms with Gasteiger partial charge in [-0.25, -0.2) is 8.78 Å². The Hall–Kier alpha value is -0.380. The highest BCUT2D eigenvalue weighted by molar-refractivity contribution is 6.42. The maximum absolute atomic E-state index is 13.2. The van der Waals surface area contributed by atoms with Gasteiger partial charge in [0.2, 0.25) is 5.92 Å². The first-order valence-corrected chi connectivity index (χ1v) is 7.18. The van der Waals surface area contributed by atoms with E-state index in [0.717, 1.165) is 5.56 Å². The maximum atomic E-state index is 13.2. The summed E-state index contributed by atoms with van der Waals surface area (Å²) in [6.45, 7) is 0. The minimum Gasteiger partial charge on any atom is -0.313 e. The van der Waals surface area contributed by atoms with E-state index in [1.54, 1.807) is 6.07 Å². The fraction of sp³-hybridized carbons (Fsp3) is 0.571. The van der Waals surface area contributed by atoms with Gasteiger partial charge in [-0.3, -0.25) is 0 Å². The lowest BCUT2D eigenvalue weighted by Crippen LogP contribution is -2.32. The van der Waals surface area contributed by atoms with Crippen molar-refractivity contribution in [2.75, 3.05) is 7.05 Å². The van der Waals surface area contributed by atoms with Crippen LogP contribution in [0.1, 0.15) is 37.3 Å². The first kappa shape index (κ1) is 15.0. The molecule has 0 radical (unpaired) electrons. The van der Waals surface area contributed by atoms with E-state index in [1.165, 1.54) is 0 Å². The van der Waals surface area contributed by atoms with Crippen LogP contribution < -0.4 is 5.32 Å². The summed E-state index contributed by atoms with van der Waals surface area (Å²) >= 11 is 11.9. The van der Waals surface area contributed by atoms with Crippen LogP contribution in [-0.2, 0) is 0 Å². The number of hydrogen-bond acceptors (Lipinski definition) is 1. The molecular weight excluding hydrogens is 291 g/mol. The number of nitrogens with one attached hydrogen (secondary N) is 1. The van der Waals surface area contributed by atoms with Crippen LogP contribution >= 0.6 is 23.2 Å². The highest BCUT2D eigenvalue weighted by Crippen LogP contribution is 2.41. The molecule has 5 heteroatoms. The predicted octanol–water partition coefficient (Wildman–Crippen LogP) is 5.08. The molecule has 2 rings (SSSR count). The molecule has 1 N–H and O–H groups in total. The molecule has 0 saturated heterocycles. The van der Waals surface area contributed by atoms with Crippen molar-refractivity contribution in [3.8, 4) is 0 Å². The molecule has 0 aromatic heterocycles. The summed E-state index contributed by atoms with van der Waals surface area (Å²) in [5, 5.41) is 4.23. The van der Waals surface area contributed by atoms with Crippen molar-refractivity contribution in [1.82, 2.24) is 5.32 Å². The Kier molecular flexibility index (Phi) is 4.70. The third kappa shape index (κ3) is 3.59. The largest absolute Gasteiger partial charge is 0.313 e. The molecule has 0 amide bonds. The number of halogens is 4. The van der Waals surface area contributed by atoms with Gasteiger partial charge in [0.15, 0.2) is 0 Å². The fourth-order valence-electron chi connectivity index (χ4n) is 2.78. The third-order valence-electron chi connectivity index (χ3n) is 3.85. The second kappa shape index (κ2) is 5.94. The number of benzene rings is 1. The Morgan fingerprint density at radius 1 is 1.21 bits per heavy atom. The Morgan fingerprint density at radius 3 is 2.37 bits per heavy atom. The van der Waals surface area contributed by atoms with E-state index in [0.29, 0.717) is 22.9 Å². The van der Waals surface area contributed by atoms with Gasteiger partial charge in [-0.05, 0) is 43.5 Å². The Balaban J connectivity index is 2.14. The molecule has 1 aromatic carbocycles. The second-order valence-electron chi connectivity index (χ2n) is 5.13. The lowest BCUT2D eigenvalue weighted by atomic mass is 9.79. The first-order chi connectivity index (χ1) is 8.93. The monoisotopic (exact) mass is 307 g/mol. The molecule has 1 aliphatic carbocycles. The van der Waals surface area contributed by atoms with Gasteiger partial charge in [0.1, 0.15) is 0 Å². The van der Waals surface area contributed by atoms with Crippen molar-refractivity contribution in [2.24, 2.45) is 5.92 Å². The Labute approximate surface area is 122 Å². The third-order valence-corrected chi connectivity index (χ3v) is 4.59. The zero-order chi connectivity index (χ0) is 14.0. The molecule has 0 bridgehead atoms. The van der Waals surface area contributed by atoms with E-state index in [9.17, 15) is 8.78 Å². The lowest BCUT2D eigenvalue weighted by molar-refractivity contribution is -0.0495. The summed E-state index contributed by atoms with van der Waals surface area (Å²) in [5.41, 5.74) is 1.01. The summed E-state index contributed by atoms with van der Waals surface area (Å²) in [5.74, 6) is -2.28. The molecule has 1 atom stereocenters. The van der Waals surface area contributed by atoms with Gasteiger partial charge < -0.3 is 5.32 Å². The van der Waals surface area contributed by atoms with E-state index >= 15 is 0 Å². The Bertz CT molecular complexity index is 441. The molecule has 1 saturated carbocycles. The molecule has 0 heterocycles. The molecule has 19 heavy (non-hydrogen) atoms. The summed E-state index contributed by atoms with van der Waals surface area (Å²) in [4.78, 5) is 0. The zero-order valence-corrected chi connectivity index (χ0v) is 12.2. The molecular formula is C14H17Cl2F2N. The van der Waals surface area contributed by atoms with Crippen LogP contribution in [0.25, 0.3) is 0 Å².